The van der Waals surface area contributed by atoms with Crippen molar-refractivity contribution in [3.8, 4) is 5.75 Å². The van der Waals surface area contributed by atoms with Crippen LogP contribution in [0.2, 0.25) is 0 Å². The highest BCUT2D eigenvalue weighted by Gasteiger charge is 2.46. The van der Waals surface area contributed by atoms with Gasteiger partial charge in [0.1, 0.15) is 5.52 Å². The zero-order chi connectivity index (χ0) is 15.1. The molecule has 2 aliphatic rings. The molecule has 2 fully saturated rings. The van der Waals surface area contributed by atoms with Gasteiger partial charge in [-0.15, -0.1) is 0 Å². The molecular formula is C17H22N3OP. The van der Waals surface area contributed by atoms with Gasteiger partial charge in [0, 0.05) is 23.7 Å². The lowest BCUT2D eigenvalue weighted by Crippen LogP contribution is -2.37. The summed E-state index contributed by atoms with van der Waals surface area (Å²) in [6.07, 6.45) is 7.12. The summed E-state index contributed by atoms with van der Waals surface area (Å²) in [4.78, 5) is 4.51. The number of hydrogen-bond donors (Lipinski definition) is 0. The fourth-order valence-electron chi connectivity index (χ4n) is 3.81. The maximum Gasteiger partial charge on any atom is 0.248 e. The highest BCUT2D eigenvalue weighted by Crippen LogP contribution is 2.56. The van der Waals surface area contributed by atoms with Crippen molar-refractivity contribution < 1.29 is 4.52 Å². The minimum Gasteiger partial charge on any atom is -0.442 e. The summed E-state index contributed by atoms with van der Waals surface area (Å²) in [5, 5.41) is 1.14. The zero-order valence-corrected chi connectivity index (χ0v) is 14.0. The normalized spacial score (nSPS) is 27.2. The lowest BCUT2D eigenvalue weighted by Gasteiger charge is -2.28. The zero-order valence-electron chi connectivity index (χ0n) is 13.1. The van der Waals surface area contributed by atoms with Crippen LogP contribution in [0.5, 0.6) is 5.75 Å². The number of rotatable bonds is 2. The van der Waals surface area contributed by atoms with E-state index < -0.39 is 8.45 Å². The van der Waals surface area contributed by atoms with Crippen molar-refractivity contribution in [2.24, 2.45) is 0 Å². The Morgan fingerprint density at radius 1 is 1.05 bits per heavy atom. The maximum atomic E-state index is 6.46. The molecule has 0 N–H and O–H groups in total. The van der Waals surface area contributed by atoms with E-state index in [1.165, 1.54) is 25.7 Å². The van der Waals surface area contributed by atoms with Gasteiger partial charge in [0.2, 0.25) is 8.45 Å². The largest absolute Gasteiger partial charge is 0.442 e. The third kappa shape index (κ3) is 2.30. The molecule has 0 bridgehead atoms. The van der Waals surface area contributed by atoms with Crippen LogP contribution >= 0.6 is 8.45 Å². The minimum atomic E-state index is -0.741. The Bertz CT molecular complexity index is 657. The molecule has 116 valence electrons. The van der Waals surface area contributed by atoms with Crippen LogP contribution in [-0.2, 0) is 0 Å². The molecule has 2 aromatic rings. The molecule has 0 unspecified atom stereocenters. The Morgan fingerprint density at radius 3 is 2.45 bits per heavy atom. The van der Waals surface area contributed by atoms with E-state index in [0.717, 1.165) is 16.7 Å². The van der Waals surface area contributed by atoms with Crippen molar-refractivity contribution in [3.63, 3.8) is 0 Å². The molecule has 1 aromatic carbocycles. The van der Waals surface area contributed by atoms with Crippen molar-refractivity contribution >= 4 is 19.4 Å². The van der Waals surface area contributed by atoms with Crippen LogP contribution in [0.1, 0.15) is 25.7 Å². The molecule has 2 heterocycles. The molecule has 22 heavy (non-hydrogen) atoms. The second-order valence-corrected chi connectivity index (χ2v) is 8.19. The van der Waals surface area contributed by atoms with Crippen molar-refractivity contribution in [3.05, 3.63) is 36.5 Å². The average Bonchev–Trinajstić information content (AvgIpc) is 2.81. The summed E-state index contributed by atoms with van der Waals surface area (Å²) in [6.45, 7) is 0. The Balaban J connectivity index is 1.65. The van der Waals surface area contributed by atoms with Crippen molar-refractivity contribution in [2.45, 2.75) is 37.8 Å². The quantitative estimate of drug-likeness (QED) is 0.782. The van der Waals surface area contributed by atoms with Gasteiger partial charge in [-0.3, -0.25) is 4.98 Å². The van der Waals surface area contributed by atoms with E-state index in [4.69, 9.17) is 4.52 Å². The predicted octanol–water partition coefficient (Wildman–Crippen LogP) is 4.03. The molecule has 1 saturated heterocycles. The van der Waals surface area contributed by atoms with Gasteiger partial charge in [-0.2, -0.15) is 0 Å². The smallest absolute Gasteiger partial charge is 0.248 e. The second kappa shape index (κ2) is 5.77. The summed E-state index contributed by atoms with van der Waals surface area (Å²) in [7, 11) is 3.70. The van der Waals surface area contributed by atoms with E-state index in [1.54, 1.807) is 0 Å². The fourth-order valence-corrected chi connectivity index (χ4v) is 5.88. The lowest BCUT2D eigenvalue weighted by atomic mass is 9.91. The van der Waals surface area contributed by atoms with E-state index in [0.29, 0.717) is 12.1 Å². The molecule has 0 radical (unpaired) electrons. The number of hydrogen-bond acceptors (Lipinski definition) is 4. The third-order valence-electron chi connectivity index (χ3n) is 4.97. The van der Waals surface area contributed by atoms with E-state index >= 15 is 0 Å². The lowest BCUT2D eigenvalue weighted by molar-refractivity contribution is 0.233. The highest BCUT2D eigenvalue weighted by atomic mass is 31.2. The Labute approximate surface area is 133 Å². The standard InChI is InChI=1S/C17H22N3OP/c1-19-14-9-3-4-10-15(14)20(2)22(19)21-16-11-5-7-13-8-6-12-18-17(13)16/h5-8,11-12,14-15H,3-4,9-10H2,1-2H3/t14-,15-/m0/s1. The summed E-state index contributed by atoms with van der Waals surface area (Å²) in [5.41, 5.74) is 0.962. The number of benzene rings is 1. The summed E-state index contributed by atoms with van der Waals surface area (Å²) >= 11 is 0. The second-order valence-electron chi connectivity index (χ2n) is 6.24. The van der Waals surface area contributed by atoms with Gasteiger partial charge in [-0.05, 0) is 39.1 Å². The molecule has 5 heteroatoms. The van der Waals surface area contributed by atoms with Gasteiger partial charge in [-0.25, -0.2) is 9.34 Å². The van der Waals surface area contributed by atoms with Gasteiger partial charge < -0.3 is 4.52 Å². The molecule has 0 spiro atoms. The molecule has 1 aliphatic heterocycles. The van der Waals surface area contributed by atoms with Crippen LogP contribution in [-0.4, -0.2) is 40.5 Å². The predicted molar refractivity (Wildman–Crippen MR) is 90.9 cm³/mol. The van der Waals surface area contributed by atoms with Crippen LogP contribution in [0.4, 0.5) is 0 Å². The molecule has 0 amide bonds. The van der Waals surface area contributed by atoms with Gasteiger partial charge in [0.05, 0.1) is 0 Å². The Morgan fingerprint density at radius 2 is 1.73 bits per heavy atom. The monoisotopic (exact) mass is 315 g/mol. The minimum absolute atomic E-state index is 0.646. The Kier molecular flexibility index (Phi) is 3.77. The van der Waals surface area contributed by atoms with Crippen LogP contribution < -0.4 is 4.52 Å². The van der Waals surface area contributed by atoms with Crippen LogP contribution in [0, 0.1) is 0 Å². The number of pyridine rings is 1. The number of para-hydroxylation sites is 1. The average molecular weight is 315 g/mol. The highest BCUT2D eigenvalue weighted by molar-refractivity contribution is 7.48. The van der Waals surface area contributed by atoms with E-state index in [2.05, 4.69) is 46.6 Å². The fraction of sp³-hybridized carbons (Fsp3) is 0.471. The van der Waals surface area contributed by atoms with Gasteiger partial charge in [-0.1, -0.05) is 31.0 Å². The van der Waals surface area contributed by atoms with E-state index in [9.17, 15) is 0 Å². The van der Waals surface area contributed by atoms with Gasteiger partial charge >= 0.3 is 0 Å². The van der Waals surface area contributed by atoms with Crippen molar-refractivity contribution in [1.82, 2.24) is 14.3 Å². The first kappa shape index (κ1) is 14.4. The summed E-state index contributed by atoms with van der Waals surface area (Å²) in [5.74, 6) is 0.904. The first-order valence-corrected chi connectivity index (χ1v) is 9.19. The number of likely N-dealkylation sites (N-methyl/N-ethyl adjacent to an activating group) is 2. The number of nitrogens with zero attached hydrogens (tertiary/aromatic N) is 3. The maximum absolute atomic E-state index is 6.46. The third-order valence-corrected chi connectivity index (χ3v) is 7.00. The molecule has 2 atom stereocenters. The van der Waals surface area contributed by atoms with Crippen LogP contribution in [0.3, 0.4) is 0 Å². The van der Waals surface area contributed by atoms with E-state index in [1.807, 2.05) is 18.3 Å². The molecule has 1 aromatic heterocycles. The molecule has 4 rings (SSSR count). The van der Waals surface area contributed by atoms with Crippen LogP contribution in [0.25, 0.3) is 10.9 Å². The van der Waals surface area contributed by atoms with Crippen molar-refractivity contribution in [2.75, 3.05) is 14.1 Å². The molecular weight excluding hydrogens is 293 g/mol. The molecule has 4 nitrogen and oxygen atoms in total. The summed E-state index contributed by atoms with van der Waals surface area (Å²) < 4.78 is 11.4. The Hall–Kier alpha value is -1.22. The van der Waals surface area contributed by atoms with Gasteiger partial charge in [0.25, 0.3) is 0 Å². The van der Waals surface area contributed by atoms with E-state index in [-0.39, 0.29) is 0 Å². The SMILES string of the molecule is CN1[C@H]2CCCC[C@@H]2N(C)P1Oc1cccc2cccnc12. The number of aromatic nitrogens is 1. The van der Waals surface area contributed by atoms with Gasteiger partial charge in [0.15, 0.2) is 5.75 Å². The first-order valence-electron chi connectivity index (χ1n) is 8.03. The first-order chi connectivity index (χ1) is 10.8. The summed E-state index contributed by atoms with van der Waals surface area (Å²) in [6, 6.07) is 11.5. The van der Waals surface area contributed by atoms with Crippen molar-refractivity contribution in [1.29, 1.82) is 0 Å². The molecule has 1 aliphatic carbocycles. The topological polar surface area (TPSA) is 28.6 Å². The number of fused-ring (bicyclic) bond motifs is 2. The molecule has 1 saturated carbocycles. The van der Waals surface area contributed by atoms with Crippen LogP contribution in [0.15, 0.2) is 36.5 Å².